The number of hydrogen-bond acceptors (Lipinski definition) is 0. The maximum atomic E-state index is 3.45. The van der Waals surface area contributed by atoms with Gasteiger partial charge in [-0.05, 0) is 19.3 Å². The lowest BCUT2D eigenvalue weighted by Crippen LogP contribution is -2.17. The molecule has 1 rings (SSSR count). The molecule has 0 saturated carbocycles. The van der Waals surface area contributed by atoms with Crippen LogP contribution in [0.3, 0.4) is 0 Å². The summed E-state index contributed by atoms with van der Waals surface area (Å²) in [6.07, 6.45) is 8.22. The molecule has 12 heavy (non-hydrogen) atoms. The predicted octanol–water partition coefficient (Wildman–Crippen LogP) is 3.22. The van der Waals surface area contributed by atoms with Crippen LogP contribution in [-0.4, -0.2) is 8.07 Å². The van der Waals surface area contributed by atoms with Crippen LogP contribution in [0.5, 0.6) is 0 Å². The van der Waals surface area contributed by atoms with Crippen LogP contribution in [0.4, 0.5) is 0 Å². The van der Waals surface area contributed by atoms with Gasteiger partial charge in [0.15, 0.2) is 0 Å². The maximum Gasteiger partial charge on any atom is 0.129 e. The SMILES string of the molecule is C[Si](C)(C)C#CC1CC=CCC1. The summed E-state index contributed by atoms with van der Waals surface area (Å²) in [7, 11) is -1.13. The first kappa shape index (κ1) is 9.60. The highest BCUT2D eigenvalue weighted by Crippen LogP contribution is 2.17. The summed E-state index contributed by atoms with van der Waals surface area (Å²) in [6.45, 7) is 6.91. The molecule has 1 heteroatoms. The highest BCUT2D eigenvalue weighted by Gasteiger charge is 2.10. The molecule has 1 aliphatic rings. The van der Waals surface area contributed by atoms with E-state index in [1.807, 2.05) is 0 Å². The lowest BCUT2D eigenvalue weighted by Gasteiger charge is -2.12. The van der Waals surface area contributed by atoms with Crippen LogP contribution in [0.1, 0.15) is 19.3 Å². The number of allylic oxidation sites excluding steroid dienone is 2. The van der Waals surface area contributed by atoms with Crippen molar-refractivity contribution in [1.29, 1.82) is 0 Å². The van der Waals surface area contributed by atoms with Crippen molar-refractivity contribution in [3.63, 3.8) is 0 Å². The van der Waals surface area contributed by atoms with Crippen molar-refractivity contribution in [3.05, 3.63) is 12.2 Å². The van der Waals surface area contributed by atoms with E-state index in [9.17, 15) is 0 Å². The molecule has 0 aromatic carbocycles. The Bertz CT molecular complexity index is 222. The molecule has 1 unspecified atom stereocenters. The van der Waals surface area contributed by atoms with E-state index >= 15 is 0 Å². The third-order valence-electron chi connectivity index (χ3n) is 1.92. The summed E-state index contributed by atoms with van der Waals surface area (Å²) in [5.41, 5.74) is 3.45. The van der Waals surface area contributed by atoms with Crippen LogP contribution in [0, 0.1) is 17.4 Å². The minimum Gasteiger partial charge on any atom is -0.132 e. The first-order valence-corrected chi connectivity index (χ1v) is 8.26. The van der Waals surface area contributed by atoms with Crippen molar-refractivity contribution in [2.75, 3.05) is 0 Å². The zero-order chi connectivity index (χ0) is 9.03. The lowest BCUT2D eigenvalue weighted by atomic mass is 9.96. The molecule has 0 radical (unpaired) electrons. The molecule has 1 aliphatic carbocycles. The van der Waals surface area contributed by atoms with Crippen LogP contribution < -0.4 is 0 Å². The molecule has 0 fully saturated rings. The van der Waals surface area contributed by atoms with Crippen molar-refractivity contribution in [2.45, 2.75) is 38.9 Å². The van der Waals surface area contributed by atoms with E-state index in [1.54, 1.807) is 0 Å². The van der Waals surface area contributed by atoms with Crippen LogP contribution in [0.25, 0.3) is 0 Å². The highest BCUT2D eigenvalue weighted by molar-refractivity contribution is 6.83. The van der Waals surface area contributed by atoms with E-state index in [4.69, 9.17) is 0 Å². The van der Waals surface area contributed by atoms with E-state index in [-0.39, 0.29) is 0 Å². The standard InChI is InChI=1S/C11H18Si/c1-12(2,3)10-9-11-7-5-4-6-8-11/h4-5,11H,6-8H2,1-3H3. The number of rotatable bonds is 0. The zero-order valence-electron chi connectivity index (χ0n) is 8.35. The van der Waals surface area contributed by atoms with E-state index in [0.29, 0.717) is 5.92 Å². The summed E-state index contributed by atoms with van der Waals surface area (Å²) in [6, 6.07) is 0. The molecule has 0 aromatic rings. The topological polar surface area (TPSA) is 0 Å². The van der Waals surface area contributed by atoms with Crippen LogP contribution in [0.2, 0.25) is 19.6 Å². The van der Waals surface area contributed by atoms with Crippen LogP contribution in [0.15, 0.2) is 12.2 Å². The Morgan fingerprint density at radius 2 is 2.00 bits per heavy atom. The van der Waals surface area contributed by atoms with Crippen molar-refractivity contribution >= 4 is 8.07 Å². The smallest absolute Gasteiger partial charge is 0.129 e. The van der Waals surface area contributed by atoms with Gasteiger partial charge in [0.2, 0.25) is 0 Å². The van der Waals surface area contributed by atoms with Crippen molar-refractivity contribution in [1.82, 2.24) is 0 Å². The zero-order valence-corrected chi connectivity index (χ0v) is 9.35. The second-order valence-electron chi connectivity index (χ2n) is 4.50. The fourth-order valence-electron chi connectivity index (χ4n) is 1.24. The largest absolute Gasteiger partial charge is 0.132 e. The molecule has 0 N–H and O–H groups in total. The third kappa shape index (κ3) is 3.78. The lowest BCUT2D eigenvalue weighted by molar-refractivity contribution is 0.603. The summed E-state index contributed by atoms with van der Waals surface area (Å²) >= 11 is 0. The molecule has 0 aromatic heterocycles. The molecule has 0 nitrogen and oxygen atoms in total. The van der Waals surface area contributed by atoms with E-state index < -0.39 is 8.07 Å². The third-order valence-corrected chi connectivity index (χ3v) is 2.81. The Labute approximate surface area is 77.1 Å². The summed E-state index contributed by atoms with van der Waals surface area (Å²) in [5.74, 6) is 4.08. The Morgan fingerprint density at radius 1 is 1.25 bits per heavy atom. The molecule has 0 amide bonds. The highest BCUT2D eigenvalue weighted by atomic mass is 28.3. The Balaban J connectivity index is 2.48. The predicted molar refractivity (Wildman–Crippen MR) is 57.6 cm³/mol. The first-order chi connectivity index (χ1) is 5.58. The molecule has 0 bridgehead atoms. The minimum absolute atomic E-state index is 0.654. The average molecular weight is 178 g/mol. The van der Waals surface area contributed by atoms with Gasteiger partial charge in [0.1, 0.15) is 8.07 Å². The summed E-state index contributed by atoms with van der Waals surface area (Å²) in [4.78, 5) is 0. The van der Waals surface area contributed by atoms with E-state index in [0.717, 1.165) is 0 Å². The van der Waals surface area contributed by atoms with Crippen molar-refractivity contribution in [2.24, 2.45) is 5.92 Å². The van der Waals surface area contributed by atoms with Gasteiger partial charge >= 0.3 is 0 Å². The van der Waals surface area contributed by atoms with Gasteiger partial charge in [-0.15, -0.1) is 11.5 Å². The first-order valence-electron chi connectivity index (χ1n) is 4.76. The van der Waals surface area contributed by atoms with Gasteiger partial charge < -0.3 is 0 Å². The molecule has 0 saturated heterocycles. The van der Waals surface area contributed by atoms with Crippen molar-refractivity contribution in [3.8, 4) is 11.5 Å². The average Bonchev–Trinajstić information content (AvgIpc) is 2.02. The molecular weight excluding hydrogens is 160 g/mol. The second-order valence-corrected chi connectivity index (χ2v) is 9.25. The fraction of sp³-hybridized carbons (Fsp3) is 0.636. The van der Waals surface area contributed by atoms with Gasteiger partial charge in [-0.3, -0.25) is 0 Å². The molecule has 0 aliphatic heterocycles. The minimum atomic E-state index is -1.13. The molecule has 0 spiro atoms. The Hall–Kier alpha value is -0.483. The van der Waals surface area contributed by atoms with Gasteiger partial charge in [0.25, 0.3) is 0 Å². The van der Waals surface area contributed by atoms with Gasteiger partial charge in [-0.2, -0.15) is 0 Å². The Kier molecular flexibility index (Phi) is 3.17. The Morgan fingerprint density at radius 3 is 2.50 bits per heavy atom. The van der Waals surface area contributed by atoms with E-state index in [2.05, 4.69) is 43.3 Å². The second kappa shape index (κ2) is 3.96. The summed E-state index contributed by atoms with van der Waals surface area (Å²) < 4.78 is 0. The van der Waals surface area contributed by atoms with Crippen LogP contribution in [-0.2, 0) is 0 Å². The van der Waals surface area contributed by atoms with Gasteiger partial charge in [0, 0.05) is 5.92 Å². The van der Waals surface area contributed by atoms with Crippen LogP contribution >= 0.6 is 0 Å². The molecule has 1 atom stereocenters. The quantitative estimate of drug-likeness (QED) is 0.303. The molecule has 66 valence electrons. The maximum absolute atomic E-state index is 3.45. The van der Waals surface area contributed by atoms with Gasteiger partial charge in [0.05, 0.1) is 0 Å². The fourth-order valence-corrected chi connectivity index (χ4v) is 1.88. The molecule has 0 heterocycles. The monoisotopic (exact) mass is 178 g/mol. The normalized spacial score (nSPS) is 23.1. The van der Waals surface area contributed by atoms with E-state index in [1.165, 1.54) is 19.3 Å². The van der Waals surface area contributed by atoms with Crippen molar-refractivity contribution < 1.29 is 0 Å². The van der Waals surface area contributed by atoms with Gasteiger partial charge in [-0.1, -0.05) is 31.8 Å². The number of hydrogen-bond donors (Lipinski definition) is 0. The van der Waals surface area contributed by atoms with Gasteiger partial charge in [-0.25, -0.2) is 0 Å². The molecular formula is C11H18Si. The summed E-state index contributed by atoms with van der Waals surface area (Å²) in [5, 5.41) is 0.